The molecular formula is C12H16ClNSi. The van der Waals surface area contributed by atoms with Crippen LogP contribution in [0.2, 0.25) is 30.7 Å². The summed E-state index contributed by atoms with van der Waals surface area (Å²) in [4.78, 5) is 0. The minimum atomic E-state index is -1.21. The highest BCUT2D eigenvalue weighted by Crippen LogP contribution is 2.27. The quantitative estimate of drug-likeness (QED) is 0.720. The van der Waals surface area contributed by atoms with E-state index in [2.05, 4.69) is 25.7 Å². The van der Waals surface area contributed by atoms with Crippen LogP contribution < -0.4 is 0 Å². The van der Waals surface area contributed by atoms with Crippen LogP contribution in [0.3, 0.4) is 0 Å². The molecule has 3 heteroatoms. The Bertz CT molecular complexity index is 376. The number of hydrogen-bond donors (Lipinski definition) is 0. The molecule has 0 saturated heterocycles. The molecule has 15 heavy (non-hydrogen) atoms. The minimum absolute atomic E-state index is 0.00429. The molecule has 80 valence electrons. The van der Waals surface area contributed by atoms with Gasteiger partial charge in [-0.05, 0) is 23.7 Å². The molecule has 1 rings (SSSR count). The highest BCUT2D eigenvalue weighted by molar-refractivity contribution is 6.76. The Hall–Kier alpha value is -0.783. The summed E-state index contributed by atoms with van der Waals surface area (Å²) in [6.45, 7) is 6.84. The molecule has 0 aliphatic heterocycles. The van der Waals surface area contributed by atoms with Crippen LogP contribution in [0.25, 0.3) is 0 Å². The van der Waals surface area contributed by atoms with E-state index in [0.29, 0.717) is 5.02 Å². The Morgan fingerprint density at radius 3 is 2.53 bits per heavy atom. The molecule has 0 aliphatic carbocycles. The summed E-state index contributed by atoms with van der Waals surface area (Å²) < 4.78 is 0. The summed E-state index contributed by atoms with van der Waals surface area (Å²) in [5.74, 6) is -0.00429. The maximum absolute atomic E-state index is 9.16. The van der Waals surface area contributed by atoms with Gasteiger partial charge in [0.15, 0.2) is 0 Å². The fraction of sp³-hybridized carbons (Fsp3) is 0.417. The number of halogens is 1. The molecular weight excluding hydrogens is 222 g/mol. The normalized spacial score (nSPS) is 13.3. The van der Waals surface area contributed by atoms with E-state index in [-0.39, 0.29) is 5.92 Å². The Morgan fingerprint density at radius 2 is 2.07 bits per heavy atom. The molecule has 1 aromatic carbocycles. The number of rotatable bonds is 3. The van der Waals surface area contributed by atoms with E-state index >= 15 is 0 Å². The average molecular weight is 238 g/mol. The molecule has 0 heterocycles. The fourth-order valence-electron chi connectivity index (χ4n) is 1.57. The zero-order valence-corrected chi connectivity index (χ0v) is 11.2. The van der Waals surface area contributed by atoms with E-state index < -0.39 is 8.07 Å². The van der Waals surface area contributed by atoms with Gasteiger partial charge in [0.25, 0.3) is 0 Å². The van der Waals surface area contributed by atoms with Crippen molar-refractivity contribution >= 4 is 19.7 Å². The lowest BCUT2D eigenvalue weighted by Gasteiger charge is -2.19. The van der Waals surface area contributed by atoms with E-state index in [1.54, 1.807) is 0 Å². The molecule has 0 spiro atoms. The fourth-order valence-corrected chi connectivity index (χ4v) is 3.32. The first-order valence-electron chi connectivity index (χ1n) is 5.07. The second-order valence-electron chi connectivity index (χ2n) is 5.00. The van der Waals surface area contributed by atoms with Gasteiger partial charge in [-0.2, -0.15) is 5.26 Å². The summed E-state index contributed by atoms with van der Waals surface area (Å²) in [6.07, 6.45) is 0. The average Bonchev–Trinajstić information content (AvgIpc) is 2.13. The second-order valence-corrected chi connectivity index (χ2v) is 11.0. The first-order chi connectivity index (χ1) is 6.92. The van der Waals surface area contributed by atoms with Crippen LogP contribution in [0.1, 0.15) is 11.5 Å². The van der Waals surface area contributed by atoms with Gasteiger partial charge in [0.1, 0.15) is 0 Å². The van der Waals surface area contributed by atoms with Crippen molar-refractivity contribution in [2.24, 2.45) is 0 Å². The molecule has 1 unspecified atom stereocenters. The van der Waals surface area contributed by atoms with Gasteiger partial charge in [-0.25, -0.2) is 0 Å². The molecule has 0 radical (unpaired) electrons. The predicted molar refractivity (Wildman–Crippen MR) is 68.0 cm³/mol. The van der Waals surface area contributed by atoms with Crippen LogP contribution in [0.15, 0.2) is 24.3 Å². The van der Waals surface area contributed by atoms with Gasteiger partial charge in [-0.15, -0.1) is 0 Å². The Morgan fingerprint density at radius 1 is 1.40 bits per heavy atom. The van der Waals surface area contributed by atoms with Gasteiger partial charge in [-0.1, -0.05) is 43.4 Å². The number of nitriles is 1. The summed E-state index contributed by atoms with van der Waals surface area (Å²) in [5, 5.41) is 9.87. The van der Waals surface area contributed by atoms with Gasteiger partial charge >= 0.3 is 0 Å². The number of benzene rings is 1. The zero-order chi connectivity index (χ0) is 11.5. The molecule has 0 bridgehead atoms. The first-order valence-corrected chi connectivity index (χ1v) is 9.16. The Kier molecular flexibility index (Phi) is 3.95. The van der Waals surface area contributed by atoms with Crippen LogP contribution in [0.5, 0.6) is 0 Å². The van der Waals surface area contributed by atoms with Gasteiger partial charge in [-0.3, -0.25) is 0 Å². The first kappa shape index (κ1) is 12.3. The topological polar surface area (TPSA) is 23.8 Å². The van der Waals surface area contributed by atoms with Crippen molar-refractivity contribution in [3.8, 4) is 6.07 Å². The SMILES string of the molecule is C[Si](C)(C)CC(C#N)c1cccc(Cl)c1. The van der Waals surface area contributed by atoms with Crippen LogP contribution in [-0.2, 0) is 0 Å². The maximum atomic E-state index is 9.16. The lowest BCUT2D eigenvalue weighted by Crippen LogP contribution is -2.22. The summed E-state index contributed by atoms with van der Waals surface area (Å²) in [7, 11) is -1.21. The molecule has 0 fully saturated rings. The molecule has 0 aliphatic rings. The molecule has 0 aromatic heterocycles. The van der Waals surface area contributed by atoms with E-state index in [1.807, 2.05) is 24.3 Å². The van der Waals surface area contributed by atoms with E-state index in [4.69, 9.17) is 16.9 Å². The second kappa shape index (κ2) is 4.83. The monoisotopic (exact) mass is 237 g/mol. The van der Waals surface area contributed by atoms with Crippen LogP contribution in [0, 0.1) is 11.3 Å². The van der Waals surface area contributed by atoms with E-state index in [0.717, 1.165) is 11.6 Å². The molecule has 0 saturated carbocycles. The maximum Gasteiger partial charge on any atom is 0.0700 e. The zero-order valence-electron chi connectivity index (χ0n) is 9.42. The van der Waals surface area contributed by atoms with Crippen LogP contribution in [-0.4, -0.2) is 8.07 Å². The van der Waals surface area contributed by atoms with Crippen LogP contribution >= 0.6 is 11.6 Å². The van der Waals surface area contributed by atoms with Gasteiger partial charge in [0.2, 0.25) is 0 Å². The van der Waals surface area contributed by atoms with Gasteiger partial charge in [0, 0.05) is 13.1 Å². The molecule has 0 N–H and O–H groups in total. The van der Waals surface area contributed by atoms with Gasteiger partial charge in [0.05, 0.1) is 12.0 Å². The highest BCUT2D eigenvalue weighted by Gasteiger charge is 2.21. The van der Waals surface area contributed by atoms with Crippen LogP contribution in [0.4, 0.5) is 0 Å². The standard InChI is InChI=1S/C12H16ClNSi/c1-15(2,3)9-11(8-14)10-5-4-6-12(13)7-10/h4-7,11H,9H2,1-3H3. The molecule has 1 aromatic rings. The third-order valence-corrected chi connectivity index (χ3v) is 4.09. The van der Waals surface area contributed by atoms with Crippen molar-refractivity contribution in [1.82, 2.24) is 0 Å². The van der Waals surface area contributed by atoms with Crippen molar-refractivity contribution in [3.63, 3.8) is 0 Å². The lowest BCUT2D eigenvalue weighted by atomic mass is 10.0. The lowest BCUT2D eigenvalue weighted by molar-refractivity contribution is 0.953. The molecule has 1 atom stereocenters. The number of hydrogen-bond acceptors (Lipinski definition) is 1. The van der Waals surface area contributed by atoms with Crippen molar-refractivity contribution in [3.05, 3.63) is 34.9 Å². The third kappa shape index (κ3) is 4.07. The predicted octanol–water partition coefficient (Wildman–Crippen LogP) is 4.29. The largest absolute Gasteiger partial charge is 0.198 e. The molecule has 0 amide bonds. The van der Waals surface area contributed by atoms with E-state index in [1.165, 1.54) is 0 Å². The summed E-state index contributed by atoms with van der Waals surface area (Å²) >= 11 is 5.92. The highest BCUT2D eigenvalue weighted by atomic mass is 35.5. The van der Waals surface area contributed by atoms with Crippen molar-refractivity contribution in [2.45, 2.75) is 31.6 Å². The number of nitrogens with zero attached hydrogens (tertiary/aromatic N) is 1. The van der Waals surface area contributed by atoms with Crippen molar-refractivity contribution in [1.29, 1.82) is 5.26 Å². The smallest absolute Gasteiger partial charge is 0.0700 e. The molecule has 1 nitrogen and oxygen atoms in total. The summed E-state index contributed by atoms with van der Waals surface area (Å²) in [5.41, 5.74) is 1.05. The minimum Gasteiger partial charge on any atom is -0.198 e. The van der Waals surface area contributed by atoms with Gasteiger partial charge < -0.3 is 0 Å². The summed E-state index contributed by atoms with van der Waals surface area (Å²) in [6, 6.07) is 11.0. The Balaban J connectivity index is 2.90. The Labute approximate surface area is 97.7 Å². The van der Waals surface area contributed by atoms with E-state index in [9.17, 15) is 0 Å². The van der Waals surface area contributed by atoms with Crippen molar-refractivity contribution < 1.29 is 0 Å². The van der Waals surface area contributed by atoms with Crippen molar-refractivity contribution in [2.75, 3.05) is 0 Å². The third-order valence-electron chi connectivity index (χ3n) is 2.22.